The molecule has 1 saturated heterocycles. The smallest absolute Gasteiger partial charge is 0.335 e. The van der Waals surface area contributed by atoms with Crippen molar-refractivity contribution >= 4 is 40.9 Å². The molecule has 4 amide bonds. The number of halogens is 1. The molecule has 4 rings (SSSR count). The van der Waals surface area contributed by atoms with Gasteiger partial charge in [0.2, 0.25) is 0 Å². The van der Waals surface area contributed by atoms with E-state index in [0.29, 0.717) is 5.69 Å². The van der Waals surface area contributed by atoms with E-state index >= 15 is 4.39 Å². The lowest BCUT2D eigenvalue weighted by atomic mass is 9.87. The molecule has 0 saturated carbocycles. The molecule has 0 unspecified atom stereocenters. The van der Waals surface area contributed by atoms with Crippen LogP contribution >= 0.6 is 0 Å². The van der Waals surface area contributed by atoms with Gasteiger partial charge in [-0.15, -0.1) is 0 Å². The molecule has 2 aliphatic rings. The van der Waals surface area contributed by atoms with E-state index < -0.39 is 23.7 Å². The number of carbonyl (C=O) groups is 3. The molecule has 2 aliphatic heterocycles. The third-order valence-electron chi connectivity index (χ3n) is 6.24. The Labute approximate surface area is 198 Å². The van der Waals surface area contributed by atoms with Crippen molar-refractivity contribution < 1.29 is 18.8 Å². The average molecular weight is 462 g/mol. The van der Waals surface area contributed by atoms with Crippen molar-refractivity contribution in [2.24, 2.45) is 0 Å². The van der Waals surface area contributed by atoms with Crippen LogP contribution in [0.2, 0.25) is 0 Å². The van der Waals surface area contributed by atoms with E-state index in [4.69, 9.17) is 0 Å². The summed E-state index contributed by atoms with van der Waals surface area (Å²) in [6, 6.07) is 9.06. The number of anilines is 2. The van der Waals surface area contributed by atoms with Crippen LogP contribution in [0.4, 0.5) is 20.6 Å². The Balaban J connectivity index is 1.78. The van der Waals surface area contributed by atoms with Crippen LogP contribution in [0.25, 0.3) is 11.6 Å². The molecule has 34 heavy (non-hydrogen) atoms. The monoisotopic (exact) mass is 461 g/mol. The zero-order valence-corrected chi connectivity index (χ0v) is 20.0. The number of urea groups is 1. The number of nitrogens with zero attached hydrogens (tertiary/aromatic N) is 2. The summed E-state index contributed by atoms with van der Waals surface area (Å²) in [7, 11) is 0. The lowest BCUT2D eigenvalue weighted by Crippen LogP contribution is -2.54. The van der Waals surface area contributed by atoms with Gasteiger partial charge < -0.3 is 4.90 Å². The summed E-state index contributed by atoms with van der Waals surface area (Å²) in [6.07, 6.45) is 4.26. The summed E-state index contributed by atoms with van der Waals surface area (Å²) >= 11 is 0. The maximum absolute atomic E-state index is 15.3. The standard InChI is InChI=1S/C27H28FN3O3/c1-6-11-30-23-14-22(28)18(12-20(23)17(3)15-27(30,4)5)13-21-24(32)29-26(34)31(25(21)33)19-9-7-16(2)8-10-19/h7-10,12-15H,6,11H2,1-5H3,(H,29,32,34)/b21-13-. The number of hydrogen-bond acceptors (Lipinski definition) is 4. The minimum Gasteiger partial charge on any atom is -0.362 e. The van der Waals surface area contributed by atoms with Crippen LogP contribution in [0, 0.1) is 12.7 Å². The number of allylic oxidation sites excluding steroid dienone is 1. The Morgan fingerprint density at radius 1 is 1.06 bits per heavy atom. The van der Waals surface area contributed by atoms with E-state index in [-0.39, 0.29) is 16.7 Å². The van der Waals surface area contributed by atoms with Gasteiger partial charge >= 0.3 is 6.03 Å². The molecular weight excluding hydrogens is 433 g/mol. The number of nitrogens with one attached hydrogen (secondary N) is 1. The fourth-order valence-electron chi connectivity index (χ4n) is 4.60. The SMILES string of the molecule is CCCN1c2cc(F)c(/C=C3/C(=O)NC(=O)N(c4ccc(C)cc4)C3=O)cc2C(C)=CC1(C)C. The number of aryl methyl sites for hydroxylation is 1. The Morgan fingerprint density at radius 3 is 2.38 bits per heavy atom. The van der Waals surface area contributed by atoms with Crippen molar-refractivity contribution in [3.8, 4) is 0 Å². The van der Waals surface area contributed by atoms with Crippen molar-refractivity contribution in [1.29, 1.82) is 0 Å². The van der Waals surface area contributed by atoms with Crippen LogP contribution in [-0.2, 0) is 9.59 Å². The van der Waals surface area contributed by atoms with E-state index in [1.807, 2.05) is 13.8 Å². The van der Waals surface area contributed by atoms with Gasteiger partial charge in [0.1, 0.15) is 11.4 Å². The van der Waals surface area contributed by atoms with Gasteiger partial charge in [0.05, 0.1) is 11.2 Å². The maximum Gasteiger partial charge on any atom is 0.335 e. The average Bonchev–Trinajstić information content (AvgIpc) is 2.75. The van der Waals surface area contributed by atoms with Gasteiger partial charge in [-0.1, -0.05) is 30.7 Å². The molecule has 0 aromatic heterocycles. The minimum atomic E-state index is -0.850. The molecule has 176 valence electrons. The predicted molar refractivity (Wildman–Crippen MR) is 132 cm³/mol. The van der Waals surface area contributed by atoms with Crippen LogP contribution in [0.5, 0.6) is 0 Å². The van der Waals surface area contributed by atoms with Crippen molar-refractivity contribution in [3.05, 3.63) is 70.6 Å². The van der Waals surface area contributed by atoms with Crippen molar-refractivity contribution in [3.63, 3.8) is 0 Å². The largest absolute Gasteiger partial charge is 0.362 e. The molecule has 6 nitrogen and oxygen atoms in total. The highest BCUT2D eigenvalue weighted by Gasteiger charge is 2.37. The number of hydrogen-bond donors (Lipinski definition) is 1. The van der Waals surface area contributed by atoms with Crippen LogP contribution in [0.15, 0.2) is 48.0 Å². The first kappa shape index (κ1) is 23.4. The first-order chi connectivity index (χ1) is 16.0. The van der Waals surface area contributed by atoms with Crippen molar-refractivity contribution in [1.82, 2.24) is 5.32 Å². The quantitative estimate of drug-likeness (QED) is 0.501. The minimum absolute atomic E-state index is 0.111. The first-order valence-electron chi connectivity index (χ1n) is 11.3. The number of imide groups is 2. The van der Waals surface area contributed by atoms with Crippen LogP contribution < -0.4 is 15.1 Å². The normalized spacial score (nSPS) is 18.7. The van der Waals surface area contributed by atoms with Gasteiger partial charge in [-0.2, -0.15) is 0 Å². The van der Waals surface area contributed by atoms with Crippen molar-refractivity contribution in [2.45, 2.75) is 46.6 Å². The van der Waals surface area contributed by atoms with Gasteiger partial charge in [0.25, 0.3) is 11.8 Å². The van der Waals surface area contributed by atoms with Gasteiger partial charge in [-0.05, 0) is 70.0 Å². The lowest BCUT2D eigenvalue weighted by Gasteiger charge is -2.43. The second-order valence-electron chi connectivity index (χ2n) is 9.32. The maximum atomic E-state index is 15.3. The van der Waals surface area contributed by atoms with E-state index in [0.717, 1.165) is 40.3 Å². The summed E-state index contributed by atoms with van der Waals surface area (Å²) in [5.74, 6) is -2.19. The van der Waals surface area contributed by atoms with Gasteiger partial charge in [-0.25, -0.2) is 14.1 Å². The van der Waals surface area contributed by atoms with Gasteiger partial charge in [0.15, 0.2) is 0 Å². The molecule has 0 bridgehead atoms. The second kappa shape index (κ2) is 8.56. The highest BCUT2D eigenvalue weighted by molar-refractivity contribution is 6.39. The molecular formula is C27H28FN3O3. The lowest BCUT2D eigenvalue weighted by molar-refractivity contribution is -0.122. The third-order valence-corrected chi connectivity index (χ3v) is 6.24. The highest BCUT2D eigenvalue weighted by atomic mass is 19.1. The summed E-state index contributed by atoms with van der Waals surface area (Å²) < 4.78 is 15.3. The molecule has 2 heterocycles. The molecule has 0 spiro atoms. The summed E-state index contributed by atoms with van der Waals surface area (Å²) in [5, 5.41) is 2.19. The molecule has 1 N–H and O–H groups in total. The zero-order chi connectivity index (χ0) is 24.8. The molecule has 0 atom stereocenters. The number of benzene rings is 2. The Bertz CT molecular complexity index is 1260. The zero-order valence-electron chi connectivity index (χ0n) is 20.0. The van der Waals surface area contributed by atoms with Crippen LogP contribution in [-0.4, -0.2) is 29.9 Å². The van der Waals surface area contributed by atoms with E-state index in [2.05, 4.69) is 37.1 Å². The molecule has 0 radical (unpaired) electrons. The number of amides is 4. The summed E-state index contributed by atoms with van der Waals surface area (Å²) in [4.78, 5) is 41.2. The molecule has 0 aliphatic carbocycles. The van der Waals surface area contributed by atoms with E-state index in [1.165, 1.54) is 12.1 Å². The number of fused-ring (bicyclic) bond motifs is 1. The molecule has 2 aromatic rings. The number of carbonyl (C=O) groups excluding carboxylic acids is 3. The van der Waals surface area contributed by atoms with Crippen LogP contribution in [0.1, 0.15) is 50.8 Å². The predicted octanol–water partition coefficient (Wildman–Crippen LogP) is 5.21. The third kappa shape index (κ3) is 4.02. The molecule has 2 aromatic carbocycles. The van der Waals surface area contributed by atoms with Gasteiger partial charge in [0, 0.05) is 23.4 Å². The van der Waals surface area contributed by atoms with Gasteiger partial charge in [-0.3, -0.25) is 14.9 Å². The van der Waals surface area contributed by atoms with Crippen molar-refractivity contribution in [2.75, 3.05) is 16.3 Å². The van der Waals surface area contributed by atoms with E-state index in [9.17, 15) is 14.4 Å². The summed E-state index contributed by atoms with van der Waals surface area (Å²) in [5.41, 5.74) is 3.44. The second-order valence-corrected chi connectivity index (χ2v) is 9.32. The highest BCUT2D eigenvalue weighted by Crippen LogP contribution is 2.40. The first-order valence-corrected chi connectivity index (χ1v) is 11.3. The molecule has 7 heteroatoms. The topological polar surface area (TPSA) is 69.7 Å². The number of rotatable bonds is 4. The fourth-order valence-corrected chi connectivity index (χ4v) is 4.60. The summed E-state index contributed by atoms with van der Waals surface area (Å²) in [6.45, 7) is 10.9. The van der Waals surface area contributed by atoms with Crippen LogP contribution in [0.3, 0.4) is 0 Å². The van der Waals surface area contributed by atoms with E-state index in [1.54, 1.807) is 30.3 Å². The Hall–Kier alpha value is -3.74. The number of barbiturate groups is 1. The fraction of sp³-hybridized carbons (Fsp3) is 0.296. The molecule has 1 fully saturated rings. The Morgan fingerprint density at radius 2 is 1.74 bits per heavy atom. The Kier molecular flexibility index (Phi) is 5.89.